The Morgan fingerprint density at radius 2 is 2.29 bits per heavy atom. The molecule has 1 atom stereocenters. The first kappa shape index (κ1) is 15.9. The molecule has 0 amide bonds. The first-order valence-corrected chi connectivity index (χ1v) is 7.62. The number of carboxylic acid groups (broad SMARTS) is 1. The molecule has 0 spiro atoms. The maximum Gasteiger partial charge on any atom is 0.303 e. The van der Waals surface area contributed by atoms with E-state index in [1.807, 2.05) is 6.07 Å². The lowest BCUT2D eigenvalue weighted by atomic mass is 9.94. The third-order valence-corrected chi connectivity index (χ3v) is 4.63. The molecular weight excluding hydrogens is 340 g/mol. The number of likely N-dealkylation sites (tertiary alicyclic amines) is 1. The zero-order chi connectivity index (χ0) is 15.4. The topological polar surface area (TPSA) is 83.7 Å². The van der Waals surface area contributed by atoms with Crippen LogP contribution >= 0.6 is 15.9 Å². The molecule has 1 fully saturated rings. The van der Waals surface area contributed by atoms with E-state index >= 15 is 0 Å². The molecule has 1 saturated heterocycles. The molecule has 0 saturated carbocycles. The van der Waals surface area contributed by atoms with Crippen LogP contribution in [0.4, 0.5) is 5.69 Å². The van der Waals surface area contributed by atoms with Crippen molar-refractivity contribution in [2.24, 2.45) is 5.92 Å². The molecule has 1 unspecified atom stereocenters. The van der Waals surface area contributed by atoms with Gasteiger partial charge in [-0.1, -0.05) is 12.1 Å². The molecule has 0 aliphatic carbocycles. The van der Waals surface area contributed by atoms with Crippen molar-refractivity contribution in [2.75, 3.05) is 13.1 Å². The molecule has 6 nitrogen and oxygen atoms in total. The number of benzene rings is 1. The third kappa shape index (κ3) is 4.25. The fourth-order valence-corrected chi connectivity index (χ4v) is 3.31. The van der Waals surface area contributed by atoms with Crippen LogP contribution in [0.25, 0.3) is 0 Å². The van der Waals surface area contributed by atoms with Gasteiger partial charge in [-0.15, -0.1) is 0 Å². The van der Waals surface area contributed by atoms with Gasteiger partial charge in [0.05, 0.1) is 9.40 Å². The molecule has 1 aromatic carbocycles. The minimum absolute atomic E-state index is 0.0617. The number of hydrogen-bond donors (Lipinski definition) is 1. The van der Waals surface area contributed by atoms with Crippen LogP contribution in [-0.4, -0.2) is 34.0 Å². The first-order chi connectivity index (χ1) is 9.97. The van der Waals surface area contributed by atoms with Crippen molar-refractivity contribution in [1.29, 1.82) is 0 Å². The molecule has 0 bridgehead atoms. The van der Waals surface area contributed by atoms with Crippen LogP contribution in [0.15, 0.2) is 22.7 Å². The largest absolute Gasteiger partial charge is 0.481 e. The predicted molar refractivity (Wildman–Crippen MR) is 81.1 cm³/mol. The average molecular weight is 357 g/mol. The normalized spacial score (nSPS) is 19.4. The van der Waals surface area contributed by atoms with Gasteiger partial charge >= 0.3 is 5.97 Å². The molecule has 1 N–H and O–H groups in total. The monoisotopic (exact) mass is 356 g/mol. The predicted octanol–water partition coefficient (Wildman–Crippen LogP) is 3.04. The number of nitrogens with zero attached hydrogens (tertiary/aromatic N) is 2. The SMILES string of the molecule is O=C(O)CC1CCCN(Cc2cccc([N+](=O)[O-])c2Br)C1. The summed E-state index contributed by atoms with van der Waals surface area (Å²) in [6, 6.07) is 5.01. The summed E-state index contributed by atoms with van der Waals surface area (Å²) in [6.07, 6.45) is 2.08. The Hall–Kier alpha value is -1.47. The zero-order valence-electron chi connectivity index (χ0n) is 11.5. The van der Waals surface area contributed by atoms with E-state index in [0.29, 0.717) is 11.0 Å². The molecule has 21 heavy (non-hydrogen) atoms. The van der Waals surface area contributed by atoms with E-state index < -0.39 is 10.9 Å². The van der Waals surface area contributed by atoms with Crippen molar-refractivity contribution in [3.63, 3.8) is 0 Å². The lowest BCUT2D eigenvalue weighted by Crippen LogP contribution is -2.35. The number of carboxylic acids is 1. The van der Waals surface area contributed by atoms with E-state index in [4.69, 9.17) is 5.11 Å². The van der Waals surface area contributed by atoms with Crippen molar-refractivity contribution in [3.8, 4) is 0 Å². The second-order valence-electron chi connectivity index (χ2n) is 5.35. The van der Waals surface area contributed by atoms with Gasteiger partial charge in [-0.3, -0.25) is 19.8 Å². The van der Waals surface area contributed by atoms with Crippen molar-refractivity contribution in [3.05, 3.63) is 38.3 Å². The van der Waals surface area contributed by atoms with E-state index in [2.05, 4.69) is 20.8 Å². The van der Waals surface area contributed by atoms with Gasteiger partial charge in [0, 0.05) is 25.6 Å². The Balaban J connectivity index is 2.06. The van der Waals surface area contributed by atoms with Gasteiger partial charge in [0.1, 0.15) is 0 Å². The van der Waals surface area contributed by atoms with Gasteiger partial charge in [-0.25, -0.2) is 0 Å². The van der Waals surface area contributed by atoms with E-state index in [1.165, 1.54) is 6.07 Å². The van der Waals surface area contributed by atoms with Crippen LogP contribution in [-0.2, 0) is 11.3 Å². The van der Waals surface area contributed by atoms with E-state index in [0.717, 1.165) is 31.5 Å². The Bertz CT molecular complexity index is 550. The average Bonchev–Trinajstić information content (AvgIpc) is 2.40. The summed E-state index contributed by atoms with van der Waals surface area (Å²) < 4.78 is 0.510. The highest BCUT2D eigenvalue weighted by molar-refractivity contribution is 9.10. The molecule has 7 heteroatoms. The minimum atomic E-state index is -0.765. The smallest absolute Gasteiger partial charge is 0.303 e. The summed E-state index contributed by atoms with van der Waals surface area (Å²) in [5.74, 6) is -0.605. The summed E-state index contributed by atoms with van der Waals surface area (Å²) in [6.45, 7) is 2.21. The van der Waals surface area contributed by atoms with Gasteiger partial charge in [-0.2, -0.15) is 0 Å². The van der Waals surface area contributed by atoms with Crippen molar-refractivity contribution in [1.82, 2.24) is 4.90 Å². The molecule has 1 aromatic rings. The van der Waals surface area contributed by atoms with Crippen LogP contribution in [0.2, 0.25) is 0 Å². The maximum absolute atomic E-state index is 10.9. The Morgan fingerprint density at radius 1 is 1.52 bits per heavy atom. The van der Waals surface area contributed by atoms with Crippen LogP contribution in [0.5, 0.6) is 0 Å². The molecule has 1 aliphatic rings. The van der Waals surface area contributed by atoms with Crippen molar-refractivity contribution >= 4 is 27.6 Å². The van der Waals surface area contributed by atoms with E-state index in [1.54, 1.807) is 6.07 Å². The molecule has 2 rings (SSSR count). The number of nitro groups is 1. The Kier molecular flexibility index (Phi) is 5.30. The minimum Gasteiger partial charge on any atom is -0.481 e. The molecule has 0 aromatic heterocycles. The molecule has 1 heterocycles. The number of piperidine rings is 1. The quantitative estimate of drug-likeness (QED) is 0.647. The van der Waals surface area contributed by atoms with Crippen molar-refractivity contribution in [2.45, 2.75) is 25.8 Å². The van der Waals surface area contributed by atoms with Gasteiger partial charge in [-0.05, 0) is 46.8 Å². The second-order valence-corrected chi connectivity index (χ2v) is 6.14. The van der Waals surface area contributed by atoms with E-state index in [9.17, 15) is 14.9 Å². The highest BCUT2D eigenvalue weighted by atomic mass is 79.9. The van der Waals surface area contributed by atoms with Crippen LogP contribution in [0, 0.1) is 16.0 Å². The lowest BCUT2D eigenvalue weighted by Gasteiger charge is -2.32. The summed E-state index contributed by atoms with van der Waals surface area (Å²) in [4.78, 5) is 23.5. The van der Waals surface area contributed by atoms with Gasteiger partial charge in [0.15, 0.2) is 0 Å². The summed E-state index contributed by atoms with van der Waals surface area (Å²) in [5.41, 5.74) is 0.923. The zero-order valence-corrected chi connectivity index (χ0v) is 13.1. The number of aliphatic carboxylic acids is 1. The van der Waals surface area contributed by atoms with E-state index in [-0.39, 0.29) is 18.0 Å². The Labute approximate surface area is 131 Å². The first-order valence-electron chi connectivity index (χ1n) is 6.83. The number of hydrogen-bond acceptors (Lipinski definition) is 4. The number of carbonyl (C=O) groups is 1. The summed E-state index contributed by atoms with van der Waals surface area (Å²) in [5, 5.41) is 19.8. The number of nitro benzene ring substituents is 1. The molecular formula is C14H17BrN2O4. The third-order valence-electron chi connectivity index (χ3n) is 3.72. The van der Waals surface area contributed by atoms with Crippen LogP contribution in [0.1, 0.15) is 24.8 Å². The van der Waals surface area contributed by atoms with Crippen molar-refractivity contribution < 1.29 is 14.8 Å². The molecule has 114 valence electrons. The maximum atomic E-state index is 10.9. The van der Waals surface area contributed by atoms with Gasteiger partial charge in [0.2, 0.25) is 0 Å². The molecule has 1 aliphatic heterocycles. The van der Waals surface area contributed by atoms with Gasteiger partial charge in [0.25, 0.3) is 5.69 Å². The summed E-state index contributed by atoms with van der Waals surface area (Å²) in [7, 11) is 0. The fraction of sp³-hybridized carbons (Fsp3) is 0.500. The highest BCUT2D eigenvalue weighted by Gasteiger charge is 2.23. The second kappa shape index (κ2) is 7.00. The fourth-order valence-electron chi connectivity index (χ4n) is 2.78. The lowest BCUT2D eigenvalue weighted by molar-refractivity contribution is -0.385. The van der Waals surface area contributed by atoms with Crippen LogP contribution in [0.3, 0.4) is 0 Å². The van der Waals surface area contributed by atoms with Gasteiger partial charge < -0.3 is 5.11 Å². The number of halogens is 1. The Morgan fingerprint density at radius 3 is 2.95 bits per heavy atom. The highest BCUT2D eigenvalue weighted by Crippen LogP contribution is 2.30. The van der Waals surface area contributed by atoms with Crippen LogP contribution < -0.4 is 0 Å². The molecule has 0 radical (unpaired) electrons. The summed E-state index contributed by atoms with van der Waals surface area (Å²) >= 11 is 3.30. The number of rotatable bonds is 5. The standard InChI is InChI=1S/C14H17BrN2O4/c15-14-11(4-1-5-12(14)17(20)21)9-16-6-2-3-10(8-16)7-13(18)19/h1,4-5,10H,2-3,6-9H2,(H,18,19).